The number of halogens is 2. The van der Waals surface area contributed by atoms with Gasteiger partial charge in [0.1, 0.15) is 4.91 Å². The van der Waals surface area contributed by atoms with Gasteiger partial charge in [-0.25, -0.2) is 8.42 Å². The third-order valence-corrected chi connectivity index (χ3v) is 6.50. The lowest BCUT2D eigenvalue weighted by Gasteiger charge is -2.10. The summed E-state index contributed by atoms with van der Waals surface area (Å²) in [6, 6.07) is 19.9. The Labute approximate surface area is 180 Å². The molecule has 0 spiro atoms. The van der Waals surface area contributed by atoms with Crippen molar-refractivity contribution in [1.29, 1.82) is 0 Å². The number of hydrogen-bond donors (Lipinski definition) is 0. The molecule has 0 fully saturated rings. The zero-order valence-electron chi connectivity index (χ0n) is 15.6. The van der Waals surface area contributed by atoms with E-state index in [0.717, 1.165) is 5.56 Å². The number of sulfone groups is 1. The van der Waals surface area contributed by atoms with Crippen molar-refractivity contribution in [2.24, 2.45) is 0 Å². The minimum absolute atomic E-state index is 0.252. The number of rotatable bonds is 6. The van der Waals surface area contributed by atoms with E-state index < -0.39 is 15.6 Å². The van der Waals surface area contributed by atoms with Gasteiger partial charge in [0, 0.05) is 15.6 Å². The van der Waals surface area contributed by atoms with E-state index in [1.807, 2.05) is 19.1 Å². The van der Waals surface area contributed by atoms with Gasteiger partial charge in [-0.1, -0.05) is 65.2 Å². The predicted octanol–water partition coefficient (Wildman–Crippen LogP) is 6.14. The highest BCUT2D eigenvalue weighted by atomic mass is 35.5. The summed E-state index contributed by atoms with van der Waals surface area (Å²) < 4.78 is 26.4. The third kappa shape index (κ3) is 5.57. The Hall–Kier alpha value is -2.40. The summed E-state index contributed by atoms with van der Waals surface area (Å²) >= 11 is 11.8. The Kier molecular flexibility index (Phi) is 6.58. The molecule has 148 valence electrons. The van der Waals surface area contributed by atoms with Crippen molar-refractivity contribution < 1.29 is 13.2 Å². The molecule has 0 aliphatic carbocycles. The number of aryl methyl sites for hydroxylation is 1. The standard InChI is InChI=1S/C23H18Cl2O3S/c1-16-2-4-18(5-3-16)15-29(27,28)22(14-17-6-10-20(24)11-7-17)23(26)19-8-12-21(25)13-9-19/h2-14H,15H2,1H3/b22-14+. The van der Waals surface area contributed by atoms with Gasteiger partial charge in [0.15, 0.2) is 9.84 Å². The van der Waals surface area contributed by atoms with E-state index in [-0.39, 0.29) is 16.2 Å². The van der Waals surface area contributed by atoms with Crippen molar-refractivity contribution in [3.63, 3.8) is 0 Å². The van der Waals surface area contributed by atoms with Crippen LogP contribution in [0.15, 0.2) is 77.7 Å². The maximum atomic E-state index is 13.2. The van der Waals surface area contributed by atoms with Gasteiger partial charge in [0.05, 0.1) is 5.75 Å². The molecule has 3 rings (SSSR count). The predicted molar refractivity (Wildman–Crippen MR) is 119 cm³/mol. The topological polar surface area (TPSA) is 51.2 Å². The molecule has 0 unspecified atom stereocenters. The summed E-state index contributed by atoms with van der Waals surface area (Å²) in [5, 5.41) is 0.988. The summed E-state index contributed by atoms with van der Waals surface area (Å²) in [6.45, 7) is 1.92. The number of carbonyl (C=O) groups is 1. The molecule has 0 aliphatic heterocycles. The molecule has 29 heavy (non-hydrogen) atoms. The molecule has 3 aromatic carbocycles. The van der Waals surface area contributed by atoms with Crippen LogP contribution in [0.5, 0.6) is 0 Å². The lowest BCUT2D eigenvalue weighted by Crippen LogP contribution is -2.16. The molecule has 0 bridgehead atoms. The largest absolute Gasteiger partial charge is 0.288 e. The van der Waals surface area contributed by atoms with Crippen LogP contribution in [0.1, 0.15) is 27.0 Å². The van der Waals surface area contributed by atoms with Gasteiger partial charge in [-0.05, 0) is 60.5 Å². The minimum atomic E-state index is -3.91. The fraction of sp³-hybridized carbons (Fsp3) is 0.0870. The molecule has 0 saturated carbocycles. The number of hydrogen-bond acceptors (Lipinski definition) is 3. The highest BCUT2D eigenvalue weighted by Crippen LogP contribution is 2.24. The van der Waals surface area contributed by atoms with E-state index in [0.29, 0.717) is 21.2 Å². The van der Waals surface area contributed by atoms with Crippen LogP contribution in [0.2, 0.25) is 10.0 Å². The second kappa shape index (κ2) is 8.95. The number of Topliss-reactive ketones (excluding diaryl/α,β-unsaturated/α-hetero) is 1. The van der Waals surface area contributed by atoms with E-state index in [1.54, 1.807) is 48.5 Å². The Morgan fingerprint density at radius 3 is 1.90 bits per heavy atom. The van der Waals surface area contributed by atoms with E-state index in [9.17, 15) is 13.2 Å². The first-order valence-corrected chi connectivity index (χ1v) is 11.2. The molecule has 0 atom stereocenters. The van der Waals surface area contributed by atoms with E-state index in [4.69, 9.17) is 23.2 Å². The van der Waals surface area contributed by atoms with Crippen LogP contribution in [0.3, 0.4) is 0 Å². The molecule has 0 aromatic heterocycles. The monoisotopic (exact) mass is 444 g/mol. The normalized spacial score (nSPS) is 12.0. The molecular weight excluding hydrogens is 427 g/mol. The van der Waals surface area contributed by atoms with Crippen molar-refractivity contribution in [2.75, 3.05) is 0 Å². The van der Waals surface area contributed by atoms with Gasteiger partial charge >= 0.3 is 0 Å². The summed E-state index contributed by atoms with van der Waals surface area (Å²) in [6.07, 6.45) is 1.39. The first-order valence-electron chi connectivity index (χ1n) is 8.80. The Morgan fingerprint density at radius 2 is 1.34 bits per heavy atom. The quantitative estimate of drug-likeness (QED) is 0.338. The molecule has 6 heteroatoms. The second-order valence-electron chi connectivity index (χ2n) is 6.64. The Balaban J connectivity index is 2.05. The molecular formula is C23H18Cl2O3S. The van der Waals surface area contributed by atoms with E-state index >= 15 is 0 Å². The maximum absolute atomic E-state index is 13.2. The summed E-state index contributed by atoms with van der Waals surface area (Å²) in [5.74, 6) is -0.852. The number of ketones is 1. The summed E-state index contributed by atoms with van der Waals surface area (Å²) in [4.78, 5) is 12.8. The van der Waals surface area contributed by atoms with Crippen molar-refractivity contribution in [3.05, 3.63) is 110 Å². The summed E-state index contributed by atoms with van der Waals surface area (Å²) in [7, 11) is -3.91. The molecule has 3 nitrogen and oxygen atoms in total. The van der Waals surface area contributed by atoms with Crippen LogP contribution in [-0.2, 0) is 15.6 Å². The smallest absolute Gasteiger partial charge is 0.204 e. The van der Waals surface area contributed by atoms with Gasteiger partial charge in [0.2, 0.25) is 5.78 Å². The zero-order chi connectivity index (χ0) is 21.0. The molecule has 0 aliphatic rings. The van der Waals surface area contributed by atoms with Crippen LogP contribution in [0.4, 0.5) is 0 Å². The van der Waals surface area contributed by atoms with Crippen LogP contribution in [0, 0.1) is 6.92 Å². The number of carbonyl (C=O) groups excluding carboxylic acids is 1. The zero-order valence-corrected chi connectivity index (χ0v) is 17.9. The average molecular weight is 445 g/mol. The first kappa shape index (κ1) is 21.3. The molecule has 0 saturated heterocycles. The van der Waals surface area contributed by atoms with Crippen molar-refractivity contribution in [2.45, 2.75) is 12.7 Å². The average Bonchev–Trinajstić information content (AvgIpc) is 2.69. The lowest BCUT2D eigenvalue weighted by atomic mass is 10.1. The van der Waals surface area contributed by atoms with Crippen LogP contribution in [0.25, 0.3) is 6.08 Å². The molecule has 0 radical (unpaired) electrons. The summed E-state index contributed by atoms with van der Waals surface area (Å²) in [5.41, 5.74) is 2.46. The van der Waals surface area contributed by atoms with Crippen LogP contribution >= 0.6 is 23.2 Å². The molecule has 0 amide bonds. The highest BCUT2D eigenvalue weighted by molar-refractivity contribution is 7.95. The fourth-order valence-electron chi connectivity index (χ4n) is 2.73. The van der Waals surface area contributed by atoms with E-state index in [2.05, 4.69) is 0 Å². The van der Waals surface area contributed by atoms with Crippen molar-refractivity contribution >= 4 is 44.9 Å². The molecule has 3 aromatic rings. The minimum Gasteiger partial charge on any atom is -0.288 e. The van der Waals surface area contributed by atoms with Gasteiger partial charge in [-0.15, -0.1) is 0 Å². The fourth-order valence-corrected chi connectivity index (χ4v) is 4.49. The van der Waals surface area contributed by atoms with Crippen LogP contribution in [-0.4, -0.2) is 14.2 Å². The SMILES string of the molecule is Cc1ccc(CS(=O)(=O)/C(=C/c2ccc(Cl)cc2)C(=O)c2ccc(Cl)cc2)cc1. The lowest BCUT2D eigenvalue weighted by molar-refractivity contribution is 0.104. The van der Waals surface area contributed by atoms with Crippen molar-refractivity contribution in [1.82, 2.24) is 0 Å². The van der Waals surface area contributed by atoms with Gasteiger partial charge in [0.25, 0.3) is 0 Å². The van der Waals surface area contributed by atoms with Gasteiger partial charge in [-0.3, -0.25) is 4.79 Å². The molecule has 0 heterocycles. The Morgan fingerprint density at radius 1 is 0.828 bits per heavy atom. The number of allylic oxidation sites excluding steroid dienone is 1. The second-order valence-corrected chi connectivity index (χ2v) is 9.47. The van der Waals surface area contributed by atoms with Crippen LogP contribution < -0.4 is 0 Å². The maximum Gasteiger partial charge on any atom is 0.204 e. The van der Waals surface area contributed by atoms with Crippen molar-refractivity contribution in [3.8, 4) is 0 Å². The third-order valence-electron chi connectivity index (χ3n) is 4.31. The van der Waals surface area contributed by atoms with E-state index in [1.165, 1.54) is 18.2 Å². The first-order chi connectivity index (χ1) is 13.7. The Bertz CT molecular complexity index is 1150. The van der Waals surface area contributed by atoms with Gasteiger partial charge in [-0.2, -0.15) is 0 Å². The van der Waals surface area contributed by atoms with Gasteiger partial charge < -0.3 is 0 Å². The number of benzene rings is 3. The molecule has 0 N–H and O–H groups in total. The highest BCUT2D eigenvalue weighted by Gasteiger charge is 2.26.